The second kappa shape index (κ2) is 7.71. The molecule has 90 valence electrons. The van der Waals surface area contributed by atoms with Gasteiger partial charge in [-0.05, 0) is 24.5 Å². The first-order chi connectivity index (χ1) is 7.77. The lowest BCUT2D eigenvalue weighted by Crippen LogP contribution is -2.41. The fourth-order valence-electron chi connectivity index (χ4n) is 1.74. The van der Waals surface area contributed by atoms with E-state index in [-0.39, 0.29) is 0 Å². The van der Waals surface area contributed by atoms with E-state index in [4.69, 9.17) is 5.84 Å². The first-order valence-corrected chi connectivity index (χ1v) is 6.90. The molecule has 0 saturated carbocycles. The third-order valence-corrected chi connectivity index (χ3v) is 3.95. The number of hydrogen-bond acceptors (Lipinski definition) is 3. The van der Waals surface area contributed by atoms with Gasteiger partial charge >= 0.3 is 0 Å². The second-order valence-electron chi connectivity index (χ2n) is 4.16. The van der Waals surface area contributed by atoms with Crippen LogP contribution in [0.5, 0.6) is 0 Å². The molecule has 2 nitrogen and oxygen atoms in total. The van der Waals surface area contributed by atoms with E-state index in [0.717, 1.165) is 5.75 Å². The van der Waals surface area contributed by atoms with Crippen LogP contribution in [0.25, 0.3) is 0 Å². The third-order valence-electron chi connectivity index (χ3n) is 2.82. The Hall–Kier alpha value is -0.510. The molecule has 0 radical (unpaired) electrons. The molecule has 0 bridgehead atoms. The fourth-order valence-corrected chi connectivity index (χ4v) is 2.88. The lowest BCUT2D eigenvalue weighted by Gasteiger charge is -2.22. The van der Waals surface area contributed by atoms with Gasteiger partial charge in [-0.15, -0.1) is 11.8 Å². The largest absolute Gasteiger partial charge is 0.271 e. The molecule has 1 rings (SSSR count). The Morgan fingerprint density at radius 2 is 2.00 bits per heavy atom. The van der Waals surface area contributed by atoms with Crippen LogP contribution in [0, 0.1) is 5.92 Å². The van der Waals surface area contributed by atoms with Crippen LogP contribution >= 0.6 is 11.8 Å². The second-order valence-corrected chi connectivity index (χ2v) is 5.26. The molecule has 3 heteroatoms. The van der Waals surface area contributed by atoms with Crippen LogP contribution in [0.3, 0.4) is 0 Å². The Morgan fingerprint density at radius 1 is 1.31 bits per heavy atom. The van der Waals surface area contributed by atoms with Crippen LogP contribution < -0.4 is 11.3 Å². The maximum absolute atomic E-state index is 5.60. The van der Waals surface area contributed by atoms with Gasteiger partial charge in [0.05, 0.1) is 0 Å². The molecule has 1 aromatic rings. The molecule has 0 aliphatic rings. The molecule has 2 atom stereocenters. The molecule has 0 aromatic heterocycles. The zero-order valence-electron chi connectivity index (χ0n) is 10.1. The molecule has 1 aromatic carbocycles. The summed E-state index contributed by atoms with van der Waals surface area (Å²) in [6.07, 6.45) is 2.44. The van der Waals surface area contributed by atoms with Gasteiger partial charge in [-0.1, -0.05) is 38.5 Å². The molecular weight excluding hydrogens is 216 g/mol. The fraction of sp³-hybridized carbons (Fsp3) is 0.538. The van der Waals surface area contributed by atoms with Crippen molar-refractivity contribution in [1.29, 1.82) is 0 Å². The van der Waals surface area contributed by atoms with Crippen molar-refractivity contribution in [2.45, 2.75) is 37.6 Å². The summed E-state index contributed by atoms with van der Waals surface area (Å²) in [4.78, 5) is 1.31. The van der Waals surface area contributed by atoms with E-state index in [1.165, 1.54) is 17.7 Å². The number of nitrogens with one attached hydrogen (secondary N) is 1. The van der Waals surface area contributed by atoms with Gasteiger partial charge < -0.3 is 0 Å². The lowest BCUT2D eigenvalue weighted by atomic mass is 9.99. The third kappa shape index (κ3) is 4.56. The monoisotopic (exact) mass is 238 g/mol. The molecular formula is C13H22N2S. The van der Waals surface area contributed by atoms with Crippen molar-refractivity contribution in [3.63, 3.8) is 0 Å². The summed E-state index contributed by atoms with van der Waals surface area (Å²) >= 11 is 1.86. The Morgan fingerprint density at radius 3 is 2.56 bits per heavy atom. The van der Waals surface area contributed by atoms with E-state index in [1.807, 2.05) is 17.8 Å². The normalized spacial score (nSPS) is 14.7. The Labute approximate surface area is 103 Å². The maximum Gasteiger partial charge on any atom is 0.0330 e. The van der Waals surface area contributed by atoms with E-state index in [0.29, 0.717) is 12.0 Å². The molecule has 0 saturated heterocycles. The first-order valence-electron chi connectivity index (χ1n) is 5.92. The van der Waals surface area contributed by atoms with Gasteiger partial charge in [-0.2, -0.15) is 0 Å². The van der Waals surface area contributed by atoms with Crippen molar-refractivity contribution in [3.8, 4) is 0 Å². The van der Waals surface area contributed by atoms with Crippen molar-refractivity contribution in [2.24, 2.45) is 11.8 Å². The zero-order valence-corrected chi connectivity index (χ0v) is 11.0. The quantitative estimate of drug-likeness (QED) is 0.435. The standard InChI is InChI=1S/C13H22N2S/c1-3-7-11(2)13(15-14)10-16-12-8-5-4-6-9-12/h4-6,8-9,11,13,15H,3,7,10,14H2,1-2H3. The zero-order chi connectivity index (χ0) is 11.8. The van der Waals surface area contributed by atoms with Crippen LogP contribution in [0.2, 0.25) is 0 Å². The van der Waals surface area contributed by atoms with Gasteiger partial charge in [0.1, 0.15) is 0 Å². The van der Waals surface area contributed by atoms with E-state index in [9.17, 15) is 0 Å². The molecule has 0 aliphatic carbocycles. The number of benzene rings is 1. The molecule has 0 amide bonds. The highest BCUT2D eigenvalue weighted by Crippen LogP contribution is 2.21. The topological polar surface area (TPSA) is 38.0 Å². The summed E-state index contributed by atoms with van der Waals surface area (Å²) in [5.41, 5.74) is 2.94. The molecule has 16 heavy (non-hydrogen) atoms. The van der Waals surface area contributed by atoms with Crippen LogP contribution in [-0.4, -0.2) is 11.8 Å². The van der Waals surface area contributed by atoms with E-state index in [2.05, 4.69) is 43.5 Å². The summed E-state index contributed by atoms with van der Waals surface area (Å²) < 4.78 is 0. The van der Waals surface area contributed by atoms with Gasteiger partial charge in [0.25, 0.3) is 0 Å². The molecule has 0 spiro atoms. The van der Waals surface area contributed by atoms with Gasteiger partial charge in [-0.25, -0.2) is 0 Å². The summed E-state index contributed by atoms with van der Waals surface area (Å²) in [5, 5.41) is 0. The predicted molar refractivity (Wildman–Crippen MR) is 72.3 cm³/mol. The van der Waals surface area contributed by atoms with Crippen LogP contribution in [0.4, 0.5) is 0 Å². The predicted octanol–water partition coefficient (Wildman–Crippen LogP) is 3.05. The summed E-state index contributed by atoms with van der Waals surface area (Å²) in [7, 11) is 0. The number of hydrogen-bond donors (Lipinski definition) is 2. The van der Waals surface area contributed by atoms with Crippen molar-refractivity contribution < 1.29 is 0 Å². The Bertz CT molecular complexity index is 277. The minimum Gasteiger partial charge on any atom is -0.271 e. The summed E-state index contributed by atoms with van der Waals surface area (Å²) in [6.45, 7) is 4.48. The van der Waals surface area contributed by atoms with Crippen LogP contribution in [0.15, 0.2) is 35.2 Å². The van der Waals surface area contributed by atoms with Gasteiger partial charge in [-0.3, -0.25) is 11.3 Å². The molecule has 3 N–H and O–H groups in total. The van der Waals surface area contributed by atoms with Gasteiger partial charge in [0.2, 0.25) is 0 Å². The minimum atomic E-state index is 0.394. The van der Waals surface area contributed by atoms with Crippen molar-refractivity contribution in [3.05, 3.63) is 30.3 Å². The number of hydrazine groups is 1. The van der Waals surface area contributed by atoms with Crippen molar-refractivity contribution in [1.82, 2.24) is 5.43 Å². The highest BCUT2D eigenvalue weighted by molar-refractivity contribution is 7.99. The van der Waals surface area contributed by atoms with E-state index in [1.54, 1.807) is 0 Å². The lowest BCUT2D eigenvalue weighted by molar-refractivity contribution is 0.387. The first kappa shape index (κ1) is 13.6. The van der Waals surface area contributed by atoms with E-state index < -0.39 is 0 Å². The average molecular weight is 238 g/mol. The van der Waals surface area contributed by atoms with E-state index >= 15 is 0 Å². The average Bonchev–Trinajstić information content (AvgIpc) is 2.31. The highest BCUT2D eigenvalue weighted by Gasteiger charge is 2.14. The molecule has 2 unspecified atom stereocenters. The molecule has 0 fully saturated rings. The van der Waals surface area contributed by atoms with Gasteiger partial charge in [0, 0.05) is 16.7 Å². The van der Waals surface area contributed by atoms with Crippen molar-refractivity contribution >= 4 is 11.8 Å². The number of thioether (sulfide) groups is 1. The number of nitrogens with two attached hydrogens (primary N) is 1. The summed E-state index contributed by atoms with van der Waals surface area (Å²) in [5.74, 6) is 7.26. The molecule has 0 aliphatic heterocycles. The SMILES string of the molecule is CCCC(C)C(CSc1ccccc1)NN. The Balaban J connectivity index is 2.39. The maximum atomic E-state index is 5.60. The minimum absolute atomic E-state index is 0.394. The van der Waals surface area contributed by atoms with Crippen LogP contribution in [0.1, 0.15) is 26.7 Å². The van der Waals surface area contributed by atoms with Crippen molar-refractivity contribution in [2.75, 3.05) is 5.75 Å². The summed E-state index contributed by atoms with van der Waals surface area (Å²) in [6, 6.07) is 10.9. The Kier molecular flexibility index (Phi) is 6.53. The van der Waals surface area contributed by atoms with Crippen LogP contribution in [-0.2, 0) is 0 Å². The smallest absolute Gasteiger partial charge is 0.0330 e. The highest BCUT2D eigenvalue weighted by atomic mass is 32.2. The number of rotatable bonds is 7. The van der Waals surface area contributed by atoms with Gasteiger partial charge in [0.15, 0.2) is 0 Å². The molecule has 0 heterocycles.